The predicted molar refractivity (Wildman–Crippen MR) is 112 cm³/mol. The highest BCUT2D eigenvalue weighted by Crippen LogP contribution is 2.20. The van der Waals surface area contributed by atoms with Gasteiger partial charge in [-0.1, -0.05) is 30.3 Å². The quantitative estimate of drug-likeness (QED) is 0.736. The first kappa shape index (κ1) is 20.5. The van der Waals surface area contributed by atoms with Crippen molar-refractivity contribution < 1.29 is 9.18 Å². The second kappa shape index (κ2) is 9.33. The summed E-state index contributed by atoms with van der Waals surface area (Å²) in [5.41, 5.74) is 3.80. The highest BCUT2D eigenvalue weighted by atomic mass is 19.1. The molecule has 1 aliphatic rings. The molecule has 1 aliphatic heterocycles. The zero-order valence-electron chi connectivity index (χ0n) is 17.2. The van der Waals surface area contributed by atoms with Crippen LogP contribution in [-0.2, 0) is 6.42 Å². The topological polar surface area (TPSA) is 23.6 Å². The number of aryl methyl sites for hydroxylation is 1. The summed E-state index contributed by atoms with van der Waals surface area (Å²) in [7, 11) is 1.91. The number of piperidine rings is 1. The van der Waals surface area contributed by atoms with Crippen molar-refractivity contribution in [3.8, 4) is 0 Å². The van der Waals surface area contributed by atoms with Gasteiger partial charge in [0.2, 0.25) is 0 Å². The molecule has 1 fully saturated rings. The molecule has 0 aliphatic carbocycles. The number of rotatable bonds is 6. The van der Waals surface area contributed by atoms with E-state index in [0.29, 0.717) is 5.92 Å². The minimum Gasteiger partial charge on any atom is -0.341 e. The Bertz CT molecular complexity index is 820. The van der Waals surface area contributed by atoms with Gasteiger partial charge in [-0.25, -0.2) is 4.39 Å². The van der Waals surface area contributed by atoms with E-state index in [1.54, 1.807) is 6.07 Å². The molecule has 2 aromatic rings. The molecule has 150 valence electrons. The Hall–Kier alpha value is -2.20. The number of amides is 1. The number of carbonyl (C=O) groups excluding carboxylic acids is 1. The summed E-state index contributed by atoms with van der Waals surface area (Å²) in [6.07, 6.45) is 3.00. The first-order valence-electron chi connectivity index (χ1n) is 10.2. The molecule has 0 aromatic heterocycles. The second-order valence-corrected chi connectivity index (χ2v) is 8.08. The molecule has 2 aromatic carbocycles. The Morgan fingerprint density at radius 2 is 1.96 bits per heavy atom. The number of hydrogen-bond donors (Lipinski definition) is 0. The van der Waals surface area contributed by atoms with E-state index in [-0.39, 0.29) is 11.7 Å². The van der Waals surface area contributed by atoms with E-state index < -0.39 is 0 Å². The summed E-state index contributed by atoms with van der Waals surface area (Å²) < 4.78 is 13.8. The monoisotopic (exact) mass is 382 g/mol. The molecule has 4 heteroatoms. The number of benzene rings is 2. The minimum absolute atomic E-state index is 0.102. The SMILES string of the molecule is Cc1cccc(C(=O)N(C)C[C@H]2CCCN(CCc3ccccc3F)C2)c1C. The zero-order valence-corrected chi connectivity index (χ0v) is 17.2. The standard InChI is InChI=1S/C24H31FN2O/c1-18-8-6-11-22(19(18)2)24(28)26(3)16-20-9-7-14-27(17-20)15-13-21-10-4-5-12-23(21)25/h4-6,8,10-12,20H,7,9,13-17H2,1-3H3/t20-/m1/s1. The van der Waals surface area contributed by atoms with Crippen molar-refractivity contribution in [2.24, 2.45) is 5.92 Å². The second-order valence-electron chi connectivity index (χ2n) is 8.08. The predicted octanol–water partition coefficient (Wildman–Crippen LogP) is 4.47. The van der Waals surface area contributed by atoms with Gasteiger partial charge in [0.1, 0.15) is 5.82 Å². The largest absolute Gasteiger partial charge is 0.341 e. The Morgan fingerprint density at radius 3 is 2.75 bits per heavy atom. The van der Waals surface area contributed by atoms with E-state index in [9.17, 15) is 9.18 Å². The lowest BCUT2D eigenvalue weighted by molar-refractivity contribution is 0.0729. The molecular formula is C24H31FN2O. The summed E-state index contributed by atoms with van der Waals surface area (Å²) in [4.78, 5) is 17.2. The first-order chi connectivity index (χ1) is 13.5. The number of carbonyl (C=O) groups is 1. The van der Waals surface area contributed by atoms with Crippen molar-refractivity contribution in [2.45, 2.75) is 33.1 Å². The van der Waals surface area contributed by atoms with E-state index in [2.05, 4.69) is 4.90 Å². The van der Waals surface area contributed by atoms with Gasteiger partial charge >= 0.3 is 0 Å². The Morgan fingerprint density at radius 1 is 1.18 bits per heavy atom. The Kier molecular flexibility index (Phi) is 6.84. The van der Waals surface area contributed by atoms with Crippen molar-refractivity contribution in [3.63, 3.8) is 0 Å². The summed E-state index contributed by atoms with van der Waals surface area (Å²) in [6, 6.07) is 12.9. The fourth-order valence-electron chi connectivity index (χ4n) is 4.14. The molecule has 3 rings (SSSR count). The van der Waals surface area contributed by atoms with Gasteiger partial charge in [-0.05, 0) is 74.4 Å². The van der Waals surface area contributed by atoms with Crippen molar-refractivity contribution in [2.75, 3.05) is 33.2 Å². The third-order valence-electron chi connectivity index (χ3n) is 5.97. The smallest absolute Gasteiger partial charge is 0.253 e. The minimum atomic E-state index is -0.116. The van der Waals surface area contributed by atoms with Gasteiger partial charge in [0, 0.05) is 32.2 Å². The summed E-state index contributed by atoms with van der Waals surface area (Å²) in [5.74, 6) is 0.452. The molecule has 1 saturated heterocycles. The van der Waals surface area contributed by atoms with Crippen molar-refractivity contribution in [1.82, 2.24) is 9.80 Å². The van der Waals surface area contributed by atoms with Gasteiger partial charge in [0.15, 0.2) is 0 Å². The summed E-state index contributed by atoms with van der Waals surface area (Å²) >= 11 is 0. The molecule has 0 spiro atoms. The number of nitrogens with zero attached hydrogens (tertiary/aromatic N) is 2. The van der Waals surface area contributed by atoms with Gasteiger partial charge in [-0.3, -0.25) is 4.79 Å². The maximum Gasteiger partial charge on any atom is 0.253 e. The van der Waals surface area contributed by atoms with Crippen LogP contribution >= 0.6 is 0 Å². The lowest BCUT2D eigenvalue weighted by atomic mass is 9.96. The lowest BCUT2D eigenvalue weighted by Crippen LogP contribution is -2.42. The van der Waals surface area contributed by atoms with Crippen LogP contribution in [0.25, 0.3) is 0 Å². The highest BCUT2D eigenvalue weighted by molar-refractivity contribution is 5.95. The molecule has 3 nitrogen and oxygen atoms in total. The van der Waals surface area contributed by atoms with Crippen LogP contribution in [0.15, 0.2) is 42.5 Å². The molecule has 1 atom stereocenters. The molecule has 1 heterocycles. The molecule has 0 N–H and O–H groups in total. The van der Waals surface area contributed by atoms with Crippen LogP contribution in [0.5, 0.6) is 0 Å². The zero-order chi connectivity index (χ0) is 20.1. The Labute approximate surface area is 168 Å². The van der Waals surface area contributed by atoms with Crippen LogP contribution in [0, 0.1) is 25.6 Å². The molecule has 0 bridgehead atoms. The maximum absolute atomic E-state index is 13.8. The van der Waals surface area contributed by atoms with Crippen LogP contribution in [0.4, 0.5) is 4.39 Å². The average molecular weight is 383 g/mol. The average Bonchev–Trinajstić information content (AvgIpc) is 2.69. The highest BCUT2D eigenvalue weighted by Gasteiger charge is 2.24. The van der Waals surface area contributed by atoms with Crippen molar-refractivity contribution >= 4 is 5.91 Å². The van der Waals surface area contributed by atoms with Crippen LogP contribution in [0.2, 0.25) is 0 Å². The number of hydrogen-bond acceptors (Lipinski definition) is 2. The molecule has 0 saturated carbocycles. The van der Waals surface area contributed by atoms with E-state index >= 15 is 0 Å². The van der Waals surface area contributed by atoms with Crippen LogP contribution in [0.3, 0.4) is 0 Å². The normalized spacial score (nSPS) is 17.5. The Balaban J connectivity index is 1.54. The third kappa shape index (κ3) is 4.99. The van der Waals surface area contributed by atoms with Crippen molar-refractivity contribution in [3.05, 3.63) is 70.5 Å². The fraction of sp³-hybridized carbons (Fsp3) is 0.458. The van der Waals surface area contributed by atoms with Gasteiger partial charge in [0.05, 0.1) is 0 Å². The lowest BCUT2D eigenvalue weighted by Gasteiger charge is -2.35. The van der Waals surface area contributed by atoms with E-state index in [1.165, 1.54) is 6.07 Å². The van der Waals surface area contributed by atoms with E-state index in [1.807, 2.05) is 56.1 Å². The number of halogens is 1. The van der Waals surface area contributed by atoms with E-state index in [0.717, 1.165) is 67.7 Å². The van der Waals surface area contributed by atoms with Crippen LogP contribution < -0.4 is 0 Å². The molecule has 28 heavy (non-hydrogen) atoms. The summed E-state index contributed by atoms with van der Waals surface area (Å²) in [5, 5.41) is 0. The van der Waals surface area contributed by atoms with Gasteiger partial charge < -0.3 is 9.80 Å². The molecule has 0 radical (unpaired) electrons. The summed E-state index contributed by atoms with van der Waals surface area (Å²) in [6.45, 7) is 7.72. The molecule has 0 unspecified atom stereocenters. The van der Waals surface area contributed by atoms with Crippen LogP contribution in [-0.4, -0.2) is 48.9 Å². The van der Waals surface area contributed by atoms with E-state index in [4.69, 9.17) is 0 Å². The maximum atomic E-state index is 13.8. The fourth-order valence-corrected chi connectivity index (χ4v) is 4.14. The number of likely N-dealkylation sites (tertiary alicyclic amines) is 1. The molecular weight excluding hydrogens is 351 g/mol. The van der Waals surface area contributed by atoms with Gasteiger partial charge in [-0.2, -0.15) is 0 Å². The van der Waals surface area contributed by atoms with Crippen molar-refractivity contribution in [1.29, 1.82) is 0 Å². The first-order valence-corrected chi connectivity index (χ1v) is 10.2. The van der Waals surface area contributed by atoms with Gasteiger partial charge in [-0.15, -0.1) is 0 Å². The molecule has 1 amide bonds. The van der Waals surface area contributed by atoms with Crippen LogP contribution in [0.1, 0.15) is 39.9 Å². The van der Waals surface area contributed by atoms with Gasteiger partial charge in [0.25, 0.3) is 5.91 Å². The third-order valence-corrected chi connectivity index (χ3v) is 5.97.